The Morgan fingerprint density at radius 2 is 1.90 bits per heavy atom. The highest BCUT2D eigenvalue weighted by Gasteiger charge is 2.14. The molecule has 4 aromatic rings. The highest BCUT2D eigenvalue weighted by Crippen LogP contribution is 2.29. The Bertz CT molecular complexity index is 1280. The third-order valence-electron chi connectivity index (χ3n) is 4.80. The van der Waals surface area contributed by atoms with Crippen molar-refractivity contribution in [3.8, 4) is 0 Å². The van der Waals surface area contributed by atoms with E-state index in [4.69, 9.17) is 4.74 Å². The Morgan fingerprint density at radius 3 is 2.68 bits per heavy atom. The summed E-state index contributed by atoms with van der Waals surface area (Å²) in [6, 6.07) is 16.5. The molecule has 0 saturated heterocycles. The molecule has 0 spiro atoms. The summed E-state index contributed by atoms with van der Waals surface area (Å²) in [5.41, 5.74) is 3.52. The van der Waals surface area contributed by atoms with Crippen LogP contribution in [0, 0.1) is 0 Å². The molecule has 0 aliphatic rings. The molecule has 4 rings (SSSR count). The molecule has 2 aromatic heterocycles. The van der Waals surface area contributed by atoms with E-state index in [-0.39, 0.29) is 18.5 Å². The summed E-state index contributed by atoms with van der Waals surface area (Å²) in [6.07, 6.45) is 1.82. The van der Waals surface area contributed by atoms with Gasteiger partial charge in [0.2, 0.25) is 0 Å². The molecule has 0 aliphatic heterocycles. The number of anilines is 3. The molecule has 1 amide bonds. The van der Waals surface area contributed by atoms with Crippen LogP contribution in [0.4, 0.5) is 17.1 Å². The topological polar surface area (TPSA) is 92.6 Å². The number of esters is 1. The molecule has 0 atom stereocenters. The van der Waals surface area contributed by atoms with Crippen molar-refractivity contribution < 1.29 is 19.4 Å². The molecule has 8 heteroatoms. The molecule has 0 saturated carbocycles. The fraction of sp³-hybridized carbons (Fsp3) is 0.130. The first kappa shape index (κ1) is 20.6. The van der Waals surface area contributed by atoms with Gasteiger partial charge in [0, 0.05) is 29.3 Å². The standard InChI is InChI=1S/C23H21N3O4S/c1-26-12-18(24-16-5-3-4-14(8-16)13-27)11-19(26)22(28)25-17-6-7-20-15(9-17)10-21(31-20)23(29)30-2/h3-12,24,27H,13H2,1-2H3,(H,25,28). The second kappa shape index (κ2) is 8.63. The lowest BCUT2D eigenvalue weighted by Crippen LogP contribution is -2.15. The number of methoxy groups -OCH3 is 1. The number of ether oxygens (including phenoxy) is 1. The minimum atomic E-state index is -0.375. The molecule has 7 nitrogen and oxygen atoms in total. The van der Waals surface area contributed by atoms with Gasteiger partial charge in [0.25, 0.3) is 5.91 Å². The van der Waals surface area contributed by atoms with Gasteiger partial charge in [-0.1, -0.05) is 12.1 Å². The first-order valence-electron chi connectivity index (χ1n) is 9.53. The van der Waals surface area contributed by atoms with Gasteiger partial charge in [0.1, 0.15) is 10.6 Å². The minimum Gasteiger partial charge on any atom is -0.465 e. The van der Waals surface area contributed by atoms with Crippen molar-refractivity contribution in [2.45, 2.75) is 6.61 Å². The second-order valence-electron chi connectivity index (χ2n) is 7.02. The molecule has 0 fully saturated rings. The van der Waals surface area contributed by atoms with Gasteiger partial charge in [-0.3, -0.25) is 4.79 Å². The maximum Gasteiger partial charge on any atom is 0.348 e. The Morgan fingerprint density at radius 1 is 1.06 bits per heavy atom. The van der Waals surface area contributed by atoms with E-state index >= 15 is 0 Å². The lowest BCUT2D eigenvalue weighted by molar-refractivity contribution is 0.0606. The molecule has 2 aromatic carbocycles. The number of nitrogens with zero attached hydrogens (tertiary/aromatic N) is 1. The third-order valence-corrected chi connectivity index (χ3v) is 5.89. The van der Waals surface area contributed by atoms with Gasteiger partial charge in [-0.25, -0.2) is 4.79 Å². The van der Waals surface area contributed by atoms with Crippen LogP contribution in [-0.2, 0) is 18.4 Å². The van der Waals surface area contributed by atoms with Crippen molar-refractivity contribution in [3.05, 3.63) is 76.9 Å². The van der Waals surface area contributed by atoms with Crippen LogP contribution in [0.5, 0.6) is 0 Å². The molecule has 2 heterocycles. The largest absolute Gasteiger partial charge is 0.465 e. The molecule has 31 heavy (non-hydrogen) atoms. The van der Waals surface area contributed by atoms with Crippen LogP contribution in [0.1, 0.15) is 25.7 Å². The van der Waals surface area contributed by atoms with E-state index in [0.29, 0.717) is 16.3 Å². The maximum absolute atomic E-state index is 12.8. The van der Waals surface area contributed by atoms with Crippen LogP contribution in [0.25, 0.3) is 10.1 Å². The number of hydrogen-bond donors (Lipinski definition) is 3. The SMILES string of the molecule is COC(=O)c1cc2cc(NC(=O)c3cc(Nc4cccc(CO)c4)cn3C)ccc2s1. The van der Waals surface area contributed by atoms with Gasteiger partial charge in [-0.05, 0) is 53.4 Å². The summed E-state index contributed by atoms with van der Waals surface area (Å²) in [5, 5.41) is 16.3. The number of hydrogen-bond acceptors (Lipinski definition) is 6. The van der Waals surface area contributed by atoms with E-state index in [2.05, 4.69) is 10.6 Å². The molecule has 0 radical (unpaired) electrons. The Balaban J connectivity index is 1.51. The van der Waals surface area contributed by atoms with Crippen LogP contribution in [0.15, 0.2) is 60.8 Å². The van der Waals surface area contributed by atoms with Gasteiger partial charge < -0.3 is 25.0 Å². The van der Waals surface area contributed by atoms with Crippen molar-refractivity contribution >= 4 is 50.4 Å². The number of aryl methyl sites for hydroxylation is 1. The number of aromatic nitrogens is 1. The quantitative estimate of drug-likeness (QED) is 0.388. The van der Waals surface area contributed by atoms with Crippen molar-refractivity contribution in [2.24, 2.45) is 7.05 Å². The van der Waals surface area contributed by atoms with Gasteiger partial charge >= 0.3 is 5.97 Å². The zero-order chi connectivity index (χ0) is 22.0. The summed E-state index contributed by atoms with van der Waals surface area (Å²) < 4.78 is 7.45. The number of carbonyl (C=O) groups is 2. The number of aliphatic hydroxyl groups is 1. The lowest BCUT2D eigenvalue weighted by atomic mass is 10.2. The monoisotopic (exact) mass is 435 g/mol. The van der Waals surface area contributed by atoms with E-state index in [1.165, 1.54) is 18.4 Å². The molecular weight excluding hydrogens is 414 g/mol. The Labute approximate surface area is 182 Å². The van der Waals surface area contributed by atoms with Gasteiger partial charge in [-0.2, -0.15) is 0 Å². The van der Waals surface area contributed by atoms with Crippen LogP contribution < -0.4 is 10.6 Å². The number of aliphatic hydroxyl groups excluding tert-OH is 1. The third kappa shape index (κ3) is 4.45. The predicted octanol–water partition coefficient (Wildman–Crippen LogP) is 4.51. The minimum absolute atomic E-state index is 0.0342. The summed E-state index contributed by atoms with van der Waals surface area (Å²) in [5.74, 6) is -0.623. The smallest absolute Gasteiger partial charge is 0.348 e. The van der Waals surface area contributed by atoms with E-state index in [9.17, 15) is 14.7 Å². The fourth-order valence-electron chi connectivity index (χ4n) is 3.29. The second-order valence-corrected chi connectivity index (χ2v) is 8.10. The first-order chi connectivity index (χ1) is 15.0. The number of benzene rings is 2. The first-order valence-corrected chi connectivity index (χ1v) is 10.3. The fourth-order valence-corrected chi connectivity index (χ4v) is 4.25. The molecule has 3 N–H and O–H groups in total. The van der Waals surface area contributed by atoms with Gasteiger partial charge in [-0.15, -0.1) is 11.3 Å². The van der Waals surface area contributed by atoms with Crippen molar-refractivity contribution in [2.75, 3.05) is 17.7 Å². The molecular formula is C23H21N3O4S. The molecule has 158 valence electrons. The summed E-state index contributed by atoms with van der Waals surface area (Å²) >= 11 is 1.35. The zero-order valence-electron chi connectivity index (χ0n) is 17.0. The van der Waals surface area contributed by atoms with Gasteiger partial charge in [0.15, 0.2) is 0 Å². The van der Waals surface area contributed by atoms with Gasteiger partial charge in [0.05, 0.1) is 19.4 Å². The summed E-state index contributed by atoms with van der Waals surface area (Å²) in [6.45, 7) is -0.0342. The number of nitrogens with one attached hydrogen (secondary N) is 2. The number of thiophene rings is 1. The summed E-state index contributed by atoms with van der Waals surface area (Å²) in [4.78, 5) is 25.1. The van der Waals surface area contributed by atoms with E-state index in [0.717, 1.165) is 27.0 Å². The number of fused-ring (bicyclic) bond motifs is 1. The number of carbonyl (C=O) groups excluding carboxylic acids is 2. The Kier molecular flexibility index (Phi) is 5.75. The number of amides is 1. The molecule has 0 unspecified atom stereocenters. The predicted molar refractivity (Wildman–Crippen MR) is 122 cm³/mol. The van der Waals surface area contributed by atoms with E-state index < -0.39 is 0 Å². The van der Waals surface area contributed by atoms with Crippen LogP contribution in [0.3, 0.4) is 0 Å². The average Bonchev–Trinajstić information content (AvgIpc) is 3.36. The normalized spacial score (nSPS) is 10.8. The van der Waals surface area contributed by atoms with Crippen LogP contribution in [0.2, 0.25) is 0 Å². The highest BCUT2D eigenvalue weighted by molar-refractivity contribution is 7.20. The zero-order valence-corrected chi connectivity index (χ0v) is 17.8. The Hall–Kier alpha value is -3.62. The average molecular weight is 436 g/mol. The van der Waals surface area contributed by atoms with Crippen LogP contribution >= 0.6 is 11.3 Å². The highest BCUT2D eigenvalue weighted by atomic mass is 32.1. The van der Waals surface area contributed by atoms with E-state index in [1.54, 1.807) is 29.8 Å². The molecule has 0 bridgehead atoms. The lowest BCUT2D eigenvalue weighted by Gasteiger charge is -2.06. The van der Waals surface area contributed by atoms with E-state index in [1.807, 2.05) is 42.6 Å². The van der Waals surface area contributed by atoms with Crippen molar-refractivity contribution in [1.29, 1.82) is 0 Å². The summed E-state index contributed by atoms with van der Waals surface area (Å²) in [7, 11) is 3.15. The molecule has 0 aliphatic carbocycles. The number of rotatable bonds is 6. The van der Waals surface area contributed by atoms with Crippen molar-refractivity contribution in [3.63, 3.8) is 0 Å². The maximum atomic E-state index is 12.8. The van der Waals surface area contributed by atoms with Crippen molar-refractivity contribution in [1.82, 2.24) is 4.57 Å². The van der Waals surface area contributed by atoms with Crippen LogP contribution in [-0.4, -0.2) is 28.7 Å².